The fraction of sp³-hybridized carbons (Fsp3) is 0.462. The van der Waals surface area contributed by atoms with Crippen molar-refractivity contribution in [1.82, 2.24) is 0 Å². The lowest BCUT2D eigenvalue weighted by atomic mass is 10.2. The van der Waals surface area contributed by atoms with Gasteiger partial charge in [0.1, 0.15) is 12.3 Å². The summed E-state index contributed by atoms with van der Waals surface area (Å²) < 4.78 is 0. The summed E-state index contributed by atoms with van der Waals surface area (Å²) >= 11 is 0. The Kier molecular flexibility index (Phi) is 5.33. The zero-order chi connectivity index (χ0) is 12.7. The smallest absolute Gasteiger partial charge is 0.323 e. The molecular formula is C13H19NO3. The molecule has 0 heterocycles. The summed E-state index contributed by atoms with van der Waals surface area (Å²) in [5.41, 5.74) is 0.835. The van der Waals surface area contributed by atoms with Crippen LogP contribution in [0.25, 0.3) is 0 Å². The molecule has 4 nitrogen and oxygen atoms in total. The number of hydrogen-bond acceptors (Lipinski definition) is 3. The molecule has 0 bridgehead atoms. The number of aliphatic carboxylic acids is 1. The van der Waals surface area contributed by atoms with Crippen LogP contribution in [0.2, 0.25) is 0 Å². The van der Waals surface area contributed by atoms with Gasteiger partial charge >= 0.3 is 5.97 Å². The SMILES string of the molecule is CCCCCN(CC(=O)O)c1ccc(O)cc1. The van der Waals surface area contributed by atoms with Crippen molar-refractivity contribution in [3.05, 3.63) is 24.3 Å². The molecule has 0 saturated heterocycles. The molecule has 0 fully saturated rings. The van der Waals surface area contributed by atoms with Crippen LogP contribution in [0.1, 0.15) is 26.2 Å². The molecule has 94 valence electrons. The Hall–Kier alpha value is -1.71. The van der Waals surface area contributed by atoms with Gasteiger partial charge in [0, 0.05) is 12.2 Å². The Morgan fingerprint density at radius 3 is 2.41 bits per heavy atom. The van der Waals surface area contributed by atoms with Gasteiger partial charge in [-0.1, -0.05) is 19.8 Å². The molecule has 2 N–H and O–H groups in total. The van der Waals surface area contributed by atoms with E-state index in [1.165, 1.54) is 0 Å². The fourth-order valence-electron chi connectivity index (χ4n) is 1.68. The third-order valence-corrected chi connectivity index (χ3v) is 2.57. The number of anilines is 1. The number of carbonyl (C=O) groups is 1. The highest BCUT2D eigenvalue weighted by Crippen LogP contribution is 2.18. The minimum absolute atomic E-state index is 0.00547. The van der Waals surface area contributed by atoms with Crippen LogP contribution in [0, 0.1) is 0 Å². The second-order valence-corrected chi connectivity index (χ2v) is 4.04. The molecular weight excluding hydrogens is 218 g/mol. The van der Waals surface area contributed by atoms with E-state index in [0.717, 1.165) is 31.5 Å². The predicted octanol–water partition coefficient (Wildman–Crippen LogP) is 2.47. The highest BCUT2D eigenvalue weighted by molar-refractivity contribution is 5.73. The second kappa shape index (κ2) is 6.78. The van der Waals surface area contributed by atoms with Gasteiger partial charge in [0.05, 0.1) is 0 Å². The number of carboxylic acids is 1. The Labute approximate surface area is 101 Å². The zero-order valence-corrected chi connectivity index (χ0v) is 10.1. The summed E-state index contributed by atoms with van der Waals surface area (Å²) in [5.74, 6) is -0.646. The van der Waals surface area contributed by atoms with Crippen molar-refractivity contribution in [1.29, 1.82) is 0 Å². The first-order chi connectivity index (χ1) is 8.13. The predicted molar refractivity (Wildman–Crippen MR) is 67.5 cm³/mol. The molecule has 0 amide bonds. The number of phenols is 1. The third-order valence-electron chi connectivity index (χ3n) is 2.57. The largest absolute Gasteiger partial charge is 0.508 e. The van der Waals surface area contributed by atoms with Crippen molar-refractivity contribution in [3.63, 3.8) is 0 Å². The first-order valence-corrected chi connectivity index (χ1v) is 5.89. The van der Waals surface area contributed by atoms with Gasteiger partial charge in [0.25, 0.3) is 0 Å². The topological polar surface area (TPSA) is 60.8 Å². The quantitative estimate of drug-likeness (QED) is 0.715. The maximum absolute atomic E-state index is 10.8. The van der Waals surface area contributed by atoms with Gasteiger partial charge in [-0.05, 0) is 30.7 Å². The molecule has 0 aliphatic rings. The number of carboxylic acid groups (broad SMARTS) is 1. The molecule has 0 atom stereocenters. The Morgan fingerprint density at radius 1 is 1.24 bits per heavy atom. The van der Waals surface area contributed by atoms with E-state index in [9.17, 15) is 9.90 Å². The molecule has 0 spiro atoms. The van der Waals surface area contributed by atoms with Crippen LogP contribution in [-0.4, -0.2) is 29.3 Å². The first kappa shape index (κ1) is 13.4. The highest BCUT2D eigenvalue weighted by atomic mass is 16.4. The normalized spacial score (nSPS) is 10.2. The van der Waals surface area contributed by atoms with Crippen LogP contribution < -0.4 is 4.90 Å². The van der Waals surface area contributed by atoms with Gasteiger partial charge < -0.3 is 15.1 Å². The van der Waals surface area contributed by atoms with E-state index in [1.54, 1.807) is 24.3 Å². The molecule has 4 heteroatoms. The van der Waals surface area contributed by atoms with Gasteiger partial charge in [0.15, 0.2) is 0 Å². The van der Waals surface area contributed by atoms with Crippen LogP contribution >= 0.6 is 0 Å². The molecule has 0 saturated carbocycles. The lowest BCUT2D eigenvalue weighted by Crippen LogP contribution is -2.30. The van der Waals surface area contributed by atoms with E-state index in [-0.39, 0.29) is 12.3 Å². The number of benzene rings is 1. The van der Waals surface area contributed by atoms with Gasteiger partial charge in [0.2, 0.25) is 0 Å². The van der Waals surface area contributed by atoms with Gasteiger partial charge in [-0.25, -0.2) is 0 Å². The number of aromatic hydroxyl groups is 1. The molecule has 1 rings (SSSR count). The number of nitrogens with zero attached hydrogens (tertiary/aromatic N) is 1. The van der Waals surface area contributed by atoms with E-state index < -0.39 is 5.97 Å². The minimum Gasteiger partial charge on any atom is -0.508 e. The van der Waals surface area contributed by atoms with Gasteiger partial charge in [-0.15, -0.1) is 0 Å². The van der Waals surface area contributed by atoms with Crippen LogP contribution in [0.4, 0.5) is 5.69 Å². The van der Waals surface area contributed by atoms with Crippen molar-refractivity contribution >= 4 is 11.7 Å². The van der Waals surface area contributed by atoms with Crippen molar-refractivity contribution in [3.8, 4) is 5.75 Å². The number of rotatable bonds is 7. The van der Waals surface area contributed by atoms with Crippen LogP contribution in [0.5, 0.6) is 5.75 Å². The number of hydrogen-bond donors (Lipinski definition) is 2. The van der Waals surface area contributed by atoms with Crippen molar-refractivity contribution in [2.24, 2.45) is 0 Å². The Morgan fingerprint density at radius 2 is 1.88 bits per heavy atom. The van der Waals surface area contributed by atoms with Gasteiger partial charge in [-0.3, -0.25) is 4.79 Å². The molecule has 0 unspecified atom stereocenters. The van der Waals surface area contributed by atoms with E-state index in [0.29, 0.717) is 0 Å². The molecule has 0 aliphatic carbocycles. The molecule has 1 aromatic rings. The Bertz CT molecular complexity index is 348. The van der Waals surface area contributed by atoms with Crippen LogP contribution in [-0.2, 0) is 4.79 Å². The minimum atomic E-state index is -0.838. The van der Waals surface area contributed by atoms with Crippen molar-refractivity contribution in [2.75, 3.05) is 18.0 Å². The molecule has 1 aromatic carbocycles. The number of phenolic OH excluding ortho intramolecular Hbond substituents is 1. The summed E-state index contributed by atoms with van der Waals surface area (Å²) in [6, 6.07) is 6.63. The lowest BCUT2D eigenvalue weighted by molar-refractivity contribution is -0.135. The summed E-state index contributed by atoms with van der Waals surface area (Å²) in [6.45, 7) is 2.83. The summed E-state index contributed by atoms with van der Waals surface area (Å²) in [7, 11) is 0. The number of unbranched alkanes of at least 4 members (excludes halogenated alkanes) is 2. The van der Waals surface area contributed by atoms with E-state index in [1.807, 2.05) is 4.90 Å². The second-order valence-electron chi connectivity index (χ2n) is 4.04. The molecule has 0 aromatic heterocycles. The molecule has 0 radical (unpaired) electrons. The standard InChI is InChI=1S/C13H19NO3/c1-2-3-4-9-14(10-13(16)17)11-5-7-12(15)8-6-11/h5-8,15H,2-4,9-10H2,1H3,(H,16,17). The average Bonchev–Trinajstić information content (AvgIpc) is 2.28. The van der Waals surface area contributed by atoms with Crippen LogP contribution in [0.3, 0.4) is 0 Å². The summed E-state index contributed by atoms with van der Waals surface area (Å²) in [4.78, 5) is 12.6. The Balaban J connectivity index is 2.67. The van der Waals surface area contributed by atoms with Gasteiger partial charge in [-0.2, -0.15) is 0 Å². The molecule has 17 heavy (non-hydrogen) atoms. The first-order valence-electron chi connectivity index (χ1n) is 5.89. The third kappa shape index (κ3) is 4.76. The van der Waals surface area contributed by atoms with E-state index in [2.05, 4.69) is 6.92 Å². The molecule has 0 aliphatic heterocycles. The maximum Gasteiger partial charge on any atom is 0.323 e. The monoisotopic (exact) mass is 237 g/mol. The average molecular weight is 237 g/mol. The zero-order valence-electron chi connectivity index (χ0n) is 10.1. The summed E-state index contributed by atoms with van der Waals surface area (Å²) in [6.07, 6.45) is 3.18. The summed E-state index contributed by atoms with van der Waals surface area (Å²) in [5, 5.41) is 18.1. The fourth-order valence-corrected chi connectivity index (χ4v) is 1.68. The van der Waals surface area contributed by atoms with E-state index in [4.69, 9.17) is 5.11 Å². The van der Waals surface area contributed by atoms with Crippen molar-refractivity contribution < 1.29 is 15.0 Å². The van der Waals surface area contributed by atoms with Crippen molar-refractivity contribution in [2.45, 2.75) is 26.2 Å². The lowest BCUT2D eigenvalue weighted by Gasteiger charge is -2.22. The maximum atomic E-state index is 10.8. The van der Waals surface area contributed by atoms with Crippen LogP contribution in [0.15, 0.2) is 24.3 Å². The highest BCUT2D eigenvalue weighted by Gasteiger charge is 2.10. The van der Waals surface area contributed by atoms with E-state index >= 15 is 0 Å².